The Morgan fingerprint density at radius 2 is 1.61 bits per heavy atom. The fourth-order valence-corrected chi connectivity index (χ4v) is 2.35. The fraction of sp³-hybridized carbons (Fsp3) is 0.0714. The minimum Gasteiger partial charge on any atom is -0.364 e. The van der Waals surface area contributed by atoms with Crippen molar-refractivity contribution in [3.8, 4) is 0 Å². The van der Waals surface area contributed by atoms with Gasteiger partial charge in [-0.15, -0.1) is 0 Å². The molecule has 3 rings (SSSR count). The quantitative estimate of drug-likeness (QED) is 0.740. The average molecular weight is 258 g/mol. The van der Waals surface area contributed by atoms with Crippen molar-refractivity contribution < 1.29 is 0 Å². The first-order chi connectivity index (χ1) is 8.86. The lowest BCUT2D eigenvalue weighted by molar-refractivity contribution is 0.858. The maximum absolute atomic E-state index is 6.26. The summed E-state index contributed by atoms with van der Waals surface area (Å²) >= 11 is 6.26. The molecule has 18 heavy (non-hydrogen) atoms. The van der Waals surface area contributed by atoms with Crippen LogP contribution in [0.2, 0.25) is 5.02 Å². The summed E-state index contributed by atoms with van der Waals surface area (Å²) in [5.41, 5.74) is 2.99. The number of aromatic amines is 2. The third kappa shape index (κ3) is 1.93. The van der Waals surface area contributed by atoms with Crippen LogP contribution in [-0.4, -0.2) is 15.0 Å². The molecule has 2 N–H and O–H groups in total. The molecule has 3 heterocycles. The average Bonchev–Trinajstić information content (AvgIpc) is 3.05. The van der Waals surface area contributed by atoms with Gasteiger partial charge in [-0.1, -0.05) is 11.6 Å². The molecule has 90 valence electrons. The van der Waals surface area contributed by atoms with Crippen LogP contribution in [0.3, 0.4) is 0 Å². The summed E-state index contributed by atoms with van der Waals surface area (Å²) in [6.07, 6.45) is 5.57. The highest BCUT2D eigenvalue weighted by Gasteiger charge is 2.21. The first-order valence-electron chi connectivity index (χ1n) is 5.73. The molecule has 0 saturated heterocycles. The second-order valence-corrected chi connectivity index (χ2v) is 4.46. The van der Waals surface area contributed by atoms with Gasteiger partial charge < -0.3 is 9.97 Å². The fourth-order valence-electron chi connectivity index (χ4n) is 2.12. The van der Waals surface area contributed by atoms with Gasteiger partial charge in [0.1, 0.15) is 0 Å². The normalized spacial score (nSPS) is 11.0. The molecule has 3 nitrogen and oxygen atoms in total. The van der Waals surface area contributed by atoms with Crippen molar-refractivity contribution in [2.75, 3.05) is 0 Å². The maximum Gasteiger partial charge on any atom is 0.0828 e. The van der Waals surface area contributed by atoms with Crippen LogP contribution in [0.4, 0.5) is 0 Å². The number of rotatable bonds is 3. The lowest BCUT2D eigenvalue weighted by atomic mass is 9.97. The van der Waals surface area contributed by atoms with Crippen LogP contribution in [0.15, 0.2) is 55.0 Å². The minimum absolute atomic E-state index is 0.00343. The summed E-state index contributed by atoms with van der Waals surface area (Å²) in [5, 5.41) is 0.673. The third-order valence-corrected chi connectivity index (χ3v) is 3.25. The molecule has 3 aromatic rings. The van der Waals surface area contributed by atoms with Crippen molar-refractivity contribution in [3.05, 3.63) is 77.1 Å². The number of aromatic nitrogens is 3. The first kappa shape index (κ1) is 11.1. The number of halogens is 1. The molecule has 0 unspecified atom stereocenters. The molecule has 3 aromatic heterocycles. The maximum atomic E-state index is 6.26. The summed E-state index contributed by atoms with van der Waals surface area (Å²) in [4.78, 5) is 10.9. The van der Waals surface area contributed by atoms with Gasteiger partial charge in [-0.3, -0.25) is 4.98 Å². The summed E-state index contributed by atoms with van der Waals surface area (Å²) in [6.45, 7) is 0. The molecular formula is C14H12ClN3. The lowest BCUT2D eigenvalue weighted by Gasteiger charge is -2.15. The predicted octanol–water partition coefficient (Wildman–Crippen LogP) is 3.57. The minimum atomic E-state index is 0.00343. The van der Waals surface area contributed by atoms with E-state index in [0.29, 0.717) is 5.02 Å². The molecule has 0 amide bonds. The van der Waals surface area contributed by atoms with Crippen LogP contribution >= 0.6 is 11.6 Å². The second-order valence-electron chi connectivity index (χ2n) is 4.05. The SMILES string of the molecule is Clc1cccnc1C(c1ccc[nH]1)c1ccc[nH]1. The molecule has 0 aliphatic heterocycles. The summed E-state index contributed by atoms with van der Waals surface area (Å²) < 4.78 is 0. The molecular weight excluding hydrogens is 246 g/mol. The molecule has 0 aliphatic carbocycles. The van der Waals surface area contributed by atoms with Crippen molar-refractivity contribution in [2.24, 2.45) is 0 Å². The predicted molar refractivity (Wildman–Crippen MR) is 71.8 cm³/mol. The molecule has 0 radical (unpaired) electrons. The Morgan fingerprint density at radius 3 is 2.11 bits per heavy atom. The van der Waals surface area contributed by atoms with Crippen molar-refractivity contribution in [1.29, 1.82) is 0 Å². The van der Waals surface area contributed by atoms with E-state index in [0.717, 1.165) is 17.1 Å². The standard InChI is InChI=1S/C14H12ClN3/c15-10-4-1-9-18-14(10)13(11-5-2-7-16-11)12-6-3-8-17-12/h1-9,13,16-17H. The van der Waals surface area contributed by atoms with Crippen LogP contribution < -0.4 is 0 Å². The largest absolute Gasteiger partial charge is 0.364 e. The van der Waals surface area contributed by atoms with E-state index < -0.39 is 0 Å². The first-order valence-corrected chi connectivity index (χ1v) is 6.11. The van der Waals surface area contributed by atoms with E-state index >= 15 is 0 Å². The molecule has 0 saturated carbocycles. The Morgan fingerprint density at radius 1 is 0.944 bits per heavy atom. The summed E-state index contributed by atoms with van der Waals surface area (Å²) in [7, 11) is 0. The number of nitrogens with one attached hydrogen (secondary N) is 2. The van der Waals surface area contributed by atoms with Crippen molar-refractivity contribution in [1.82, 2.24) is 15.0 Å². The van der Waals surface area contributed by atoms with Gasteiger partial charge in [-0.25, -0.2) is 0 Å². The Labute approximate surface area is 110 Å². The molecule has 0 bridgehead atoms. The Bertz CT molecular complexity index is 580. The molecule has 0 aromatic carbocycles. The molecule has 0 spiro atoms. The van der Waals surface area contributed by atoms with E-state index in [4.69, 9.17) is 11.6 Å². The van der Waals surface area contributed by atoms with E-state index in [2.05, 4.69) is 15.0 Å². The van der Waals surface area contributed by atoms with E-state index in [-0.39, 0.29) is 5.92 Å². The van der Waals surface area contributed by atoms with Crippen molar-refractivity contribution in [3.63, 3.8) is 0 Å². The molecule has 0 atom stereocenters. The van der Waals surface area contributed by atoms with Crippen LogP contribution in [-0.2, 0) is 0 Å². The van der Waals surface area contributed by atoms with Crippen LogP contribution in [0.25, 0.3) is 0 Å². The van der Waals surface area contributed by atoms with Gasteiger partial charge in [0.05, 0.1) is 16.6 Å². The van der Waals surface area contributed by atoms with E-state index in [9.17, 15) is 0 Å². The van der Waals surface area contributed by atoms with Crippen LogP contribution in [0.1, 0.15) is 23.0 Å². The van der Waals surface area contributed by atoms with E-state index in [1.807, 2.05) is 48.8 Å². The zero-order valence-electron chi connectivity index (χ0n) is 9.60. The van der Waals surface area contributed by atoms with Gasteiger partial charge >= 0.3 is 0 Å². The highest BCUT2D eigenvalue weighted by molar-refractivity contribution is 6.31. The highest BCUT2D eigenvalue weighted by Crippen LogP contribution is 2.32. The monoisotopic (exact) mass is 257 g/mol. The van der Waals surface area contributed by atoms with Crippen molar-refractivity contribution >= 4 is 11.6 Å². The number of H-pyrrole nitrogens is 2. The van der Waals surface area contributed by atoms with E-state index in [1.54, 1.807) is 6.20 Å². The van der Waals surface area contributed by atoms with Crippen LogP contribution in [0, 0.1) is 0 Å². The summed E-state index contributed by atoms with van der Waals surface area (Å²) in [6, 6.07) is 11.7. The summed E-state index contributed by atoms with van der Waals surface area (Å²) in [5.74, 6) is 0.00343. The van der Waals surface area contributed by atoms with Gasteiger partial charge in [0.2, 0.25) is 0 Å². The third-order valence-electron chi connectivity index (χ3n) is 2.93. The Hall–Kier alpha value is -2.00. The topological polar surface area (TPSA) is 44.5 Å². The lowest BCUT2D eigenvalue weighted by Crippen LogP contribution is -2.07. The number of pyridine rings is 1. The van der Waals surface area contributed by atoms with Gasteiger partial charge in [0.15, 0.2) is 0 Å². The zero-order chi connectivity index (χ0) is 12.4. The van der Waals surface area contributed by atoms with E-state index in [1.165, 1.54) is 0 Å². The highest BCUT2D eigenvalue weighted by atomic mass is 35.5. The Kier molecular flexibility index (Phi) is 2.90. The molecule has 0 aliphatic rings. The number of nitrogens with zero attached hydrogens (tertiary/aromatic N) is 1. The smallest absolute Gasteiger partial charge is 0.0828 e. The van der Waals surface area contributed by atoms with Crippen LogP contribution in [0.5, 0.6) is 0 Å². The zero-order valence-corrected chi connectivity index (χ0v) is 10.4. The van der Waals surface area contributed by atoms with Crippen molar-refractivity contribution in [2.45, 2.75) is 5.92 Å². The van der Waals surface area contributed by atoms with Gasteiger partial charge in [-0.2, -0.15) is 0 Å². The molecule has 4 heteroatoms. The van der Waals surface area contributed by atoms with Gasteiger partial charge in [0, 0.05) is 30.0 Å². The van der Waals surface area contributed by atoms with Gasteiger partial charge in [0.25, 0.3) is 0 Å². The number of hydrogen-bond donors (Lipinski definition) is 2. The number of hydrogen-bond acceptors (Lipinski definition) is 1. The second kappa shape index (κ2) is 4.70. The molecule has 0 fully saturated rings. The van der Waals surface area contributed by atoms with Gasteiger partial charge in [-0.05, 0) is 36.4 Å². The Balaban J connectivity index is 2.15.